The molecule has 56 valence electrons. The average molecular weight is 231 g/mol. The van der Waals surface area contributed by atoms with E-state index in [9.17, 15) is 0 Å². The second kappa shape index (κ2) is 2.75. The molecule has 5 heteroatoms. The molecule has 0 N–H and O–H groups in total. The second-order valence-corrected chi connectivity index (χ2v) is 3.47. The molecule has 0 radical (unpaired) electrons. The number of nitrogens with zero attached hydrogens (tertiary/aromatic N) is 2. The highest BCUT2D eigenvalue weighted by molar-refractivity contribution is 9.10. The van der Waals surface area contributed by atoms with Crippen LogP contribution < -0.4 is 0 Å². The van der Waals surface area contributed by atoms with Crippen molar-refractivity contribution >= 4 is 27.3 Å². The highest BCUT2D eigenvalue weighted by Gasteiger charge is 2.05. The van der Waals surface area contributed by atoms with E-state index in [1.165, 1.54) is 0 Å². The Morgan fingerprint density at radius 2 is 2.45 bits per heavy atom. The summed E-state index contributed by atoms with van der Waals surface area (Å²) >= 11 is 4.67. The van der Waals surface area contributed by atoms with Crippen molar-refractivity contribution in [3.05, 3.63) is 22.3 Å². The molecule has 0 spiro atoms. The number of halogens is 1. The van der Waals surface area contributed by atoms with Gasteiger partial charge in [0.2, 0.25) is 5.82 Å². The zero-order valence-corrected chi connectivity index (χ0v) is 7.72. The summed E-state index contributed by atoms with van der Waals surface area (Å²) < 4.78 is 4.75. The second-order valence-electron chi connectivity index (χ2n) is 1.85. The summed E-state index contributed by atoms with van der Waals surface area (Å²) in [6, 6.07) is 3.90. The van der Waals surface area contributed by atoms with Crippen molar-refractivity contribution in [1.29, 1.82) is 0 Å². The van der Waals surface area contributed by atoms with Crippen LogP contribution in [0.3, 0.4) is 0 Å². The van der Waals surface area contributed by atoms with Crippen LogP contribution in [0.15, 0.2) is 26.8 Å². The number of rotatable bonds is 1. The molecule has 2 aromatic heterocycles. The van der Waals surface area contributed by atoms with Crippen molar-refractivity contribution < 1.29 is 4.52 Å². The summed E-state index contributed by atoms with van der Waals surface area (Å²) in [4.78, 5) is 5.43. The monoisotopic (exact) mass is 230 g/mol. The third-order valence-electron chi connectivity index (χ3n) is 1.14. The fraction of sp³-hybridized carbons (Fsp3) is 0. The maximum absolute atomic E-state index is 4.75. The first-order valence-electron chi connectivity index (χ1n) is 2.89. The van der Waals surface area contributed by atoms with E-state index in [2.05, 4.69) is 26.1 Å². The summed E-state index contributed by atoms with van der Waals surface area (Å²) in [6.45, 7) is 0. The molecule has 0 aliphatic rings. The molecule has 3 nitrogen and oxygen atoms in total. The molecule has 2 rings (SSSR count). The van der Waals surface area contributed by atoms with E-state index < -0.39 is 0 Å². The van der Waals surface area contributed by atoms with Crippen LogP contribution in [-0.2, 0) is 0 Å². The molecule has 0 saturated heterocycles. The Morgan fingerprint density at radius 3 is 3.00 bits per heavy atom. The van der Waals surface area contributed by atoms with Crippen molar-refractivity contribution in [2.45, 2.75) is 0 Å². The van der Waals surface area contributed by atoms with Crippen LogP contribution in [0, 0.1) is 0 Å². The number of hydrogen-bond acceptors (Lipinski definition) is 4. The first-order chi connectivity index (χ1) is 5.36. The predicted molar refractivity (Wildman–Crippen MR) is 45.3 cm³/mol. The lowest BCUT2D eigenvalue weighted by Crippen LogP contribution is -1.72. The van der Waals surface area contributed by atoms with Crippen LogP contribution in [-0.4, -0.2) is 10.1 Å². The van der Waals surface area contributed by atoms with Crippen molar-refractivity contribution in [1.82, 2.24) is 10.1 Å². The number of aromatic nitrogens is 2. The van der Waals surface area contributed by atoms with Gasteiger partial charge in [0.1, 0.15) is 0 Å². The molecule has 2 heterocycles. The van der Waals surface area contributed by atoms with Gasteiger partial charge in [0.25, 0.3) is 4.80 Å². The normalized spacial score (nSPS) is 10.3. The fourth-order valence-corrected chi connectivity index (χ4v) is 1.60. The van der Waals surface area contributed by atoms with E-state index >= 15 is 0 Å². The topological polar surface area (TPSA) is 38.9 Å². The lowest BCUT2D eigenvalue weighted by atomic mass is 10.5. The Bertz CT molecular complexity index is 343. The smallest absolute Gasteiger partial charge is 0.294 e. The molecule has 0 unspecified atom stereocenters. The van der Waals surface area contributed by atoms with Gasteiger partial charge < -0.3 is 4.52 Å². The fourth-order valence-electron chi connectivity index (χ4n) is 0.711. The molecule has 0 atom stereocenters. The average Bonchev–Trinajstić information content (AvgIpc) is 2.55. The first-order valence-corrected chi connectivity index (χ1v) is 4.56. The minimum absolute atomic E-state index is 0.418. The molecular weight excluding hydrogens is 228 g/mol. The van der Waals surface area contributed by atoms with Gasteiger partial charge in [-0.15, -0.1) is 11.3 Å². The number of hydrogen-bond donors (Lipinski definition) is 0. The SMILES string of the molecule is Brc1nc(-c2cccs2)no1. The van der Waals surface area contributed by atoms with Gasteiger partial charge in [-0.3, -0.25) is 0 Å². The molecule has 0 amide bonds. The third-order valence-corrected chi connectivity index (χ3v) is 2.33. The minimum Gasteiger partial charge on any atom is -0.326 e. The summed E-state index contributed by atoms with van der Waals surface area (Å²) in [7, 11) is 0. The van der Waals surface area contributed by atoms with Crippen molar-refractivity contribution in [3.63, 3.8) is 0 Å². The molecule has 0 saturated carbocycles. The van der Waals surface area contributed by atoms with E-state index in [1.54, 1.807) is 11.3 Å². The Morgan fingerprint density at radius 1 is 1.55 bits per heavy atom. The van der Waals surface area contributed by atoms with E-state index in [0.29, 0.717) is 10.6 Å². The molecule has 0 aromatic carbocycles. The standard InChI is InChI=1S/C6H3BrN2OS/c7-6-8-5(9-10-6)4-2-1-3-11-4/h1-3H. The lowest BCUT2D eigenvalue weighted by Gasteiger charge is -1.80. The van der Waals surface area contributed by atoms with Gasteiger partial charge in [-0.1, -0.05) is 11.2 Å². The van der Waals surface area contributed by atoms with Gasteiger partial charge in [-0.2, -0.15) is 4.98 Å². The van der Waals surface area contributed by atoms with Crippen LogP contribution in [0.5, 0.6) is 0 Å². The van der Waals surface area contributed by atoms with E-state index in [-0.39, 0.29) is 0 Å². The van der Waals surface area contributed by atoms with Gasteiger partial charge in [0, 0.05) is 15.9 Å². The Kier molecular flexibility index (Phi) is 1.75. The zero-order valence-electron chi connectivity index (χ0n) is 5.32. The minimum atomic E-state index is 0.418. The van der Waals surface area contributed by atoms with Gasteiger partial charge in [-0.05, 0) is 11.4 Å². The maximum Gasteiger partial charge on any atom is 0.294 e. The van der Waals surface area contributed by atoms with Gasteiger partial charge in [-0.25, -0.2) is 0 Å². The molecule has 2 aromatic rings. The Balaban J connectivity index is 2.45. The van der Waals surface area contributed by atoms with E-state index in [1.807, 2.05) is 17.5 Å². The van der Waals surface area contributed by atoms with Gasteiger partial charge in [0.15, 0.2) is 0 Å². The summed E-state index contributed by atoms with van der Waals surface area (Å²) in [5.74, 6) is 0.631. The summed E-state index contributed by atoms with van der Waals surface area (Å²) in [6.07, 6.45) is 0. The maximum atomic E-state index is 4.75. The highest BCUT2D eigenvalue weighted by Crippen LogP contribution is 2.22. The molecular formula is C6H3BrN2OS. The van der Waals surface area contributed by atoms with E-state index in [0.717, 1.165) is 4.88 Å². The Labute approximate surface area is 75.2 Å². The summed E-state index contributed by atoms with van der Waals surface area (Å²) in [5.41, 5.74) is 0. The van der Waals surface area contributed by atoms with Gasteiger partial charge >= 0.3 is 0 Å². The van der Waals surface area contributed by atoms with Crippen LogP contribution in [0.1, 0.15) is 0 Å². The first kappa shape index (κ1) is 7.00. The third kappa shape index (κ3) is 1.34. The summed E-state index contributed by atoms with van der Waals surface area (Å²) in [5, 5.41) is 5.71. The highest BCUT2D eigenvalue weighted by atomic mass is 79.9. The van der Waals surface area contributed by atoms with Crippen molar-refractivity contribution in [3.8, 4) is 10.7 Å². The molecule has 0 fully saturated rings. The van der Waals surface area contributed by atoms with Crippen LogP contribution in [0.25, 0.3) is 10.7 Å². The van der Waals surface area contributed by atoms with Crippen molar-refractivity contribution in [2.75, 3.05) is 0 Å². The number of thiophene rings is 1. The van der Waals surface area contributed by atoms with E-state index in [4.69, 9.17) is 4.52 Å². The molecule has 0 aliphatic carbocycles. The molecule has 0 aliphatic heterocycles. The quantitative estimate of drug-likeness (QED) is 0.756. The van der Waals surface area contributed by atoms with Crippen LogP contribution >= 0.6 is 27.3 Å². The predicted octanol–water partition coefficient (Wildman–Crippen LogP) is 2.56. The van der Waals surface area contributed by atoms with Crippen LogP contribution in [0.4, 0.5) is 0 Å². The molecule has 0 bridgehead atoms. The Hall–Kier alpha value is -0.680. The zero-order chi connectivity index (χ0) is 7.68. The van der Waals surface area contributed by atoms with Crippen LogP contribution in [0.2, 0.25) is 0 Å². The van der Waals surface area contributed by atoms with Crippen molar-refractivity contribution in [2.24, 2.45) is 0 Å². The molecule has 11 heavy (non-hydrogen) atoms. The van der Waals surface area contributed by atoms with Gasteiger partial charge in [0.05, 0.1) is 4.88 Å². The largest absolute Gasteiger partial charge is 0.326 e. The lowest BCUT2D eigenvalue weighted by molar-refractivity contribution is 0.397.